The number of nitriles is 1. The van der Waals surface area contributed by atoms with Crippen LogP contribution in [0.1, 0.15) is 22.2 Å². The van der Waals surface area contributed by atoms with Gasteiger partial charge in [0.25, 0.3) is 5.91 Å². The number of carbonyl (C=O) groups is 2. The predicted molar refractivity (Wildman–Crippen MR) is 79.0 cm³/mol. The lowest BCUT2D eigenvalue weighted by molar-refractivity contribution is -0.123. The number of ether oxygens (including phenoxy) is 1. The number of anilines is 1. The molecule has 0 spiro atoms. The van der Waals surface area contributed by atoms with Crippen LogP contribution in [0.2, 0.25) is 0 Å². The topological polar surface area (TPSA) is 79.2 Å². The highest BCUT2D eigenvalue weighted by atomic mass is 32.1. The molecule has 1 N–H and O–H groups in total. The van der Waals surface area contributed by atoms with Crippen molar-refractivity contribution in [2.24, 2.45) is 0 Å². The van der Waals surface area contributed by atoms with E-state index in [4.69, 9.17) is 10.00 Å². The van der Waals surface area contributed by atoms with E-state index in [9.17, 15) is 9.59 Å². The molecule has 1 aromatic heterocycles. The molecule has 1 atom stereocenters. The zero-order valence-corrected chi connectivity index (χ0v) is 12.0. The van der Waals surface area contributed by atoms with Gasteiger partial charge in [-0.15, -0.1) is 11.3 Å². The molecular weight excluding hydrogens is 288 g/mol. The van der Waals surface area contributed by atoms with Crippen LogP contribution in [0.3, 0.4) is 0 Å². The molecule has 5 nitrogen and oxygen atoms in total. The molecule has 0 aliphatic rings. The van der Waals surface area contributed by atoms with E-state index >= 15 is 0 Å². The highest BCUT2D eigenvalue weighted by Gasteiger charge is 2.19. The molecule has 1 amide bonds. The molecule has 0 unspecified atom stereocenters. The number of hydrogen-bond donors (Lipinski definition) is 1. The molecule has 0 saturated carbocycles. The van der Waals surface area contributed by atoms with Gasteiger partial charge in [-0.3, -0.25) is 4.79 Å². The fraction of sp³-hybridized carbons (Fsp3) is 0.133. The summed E-state index contributed by atoms with van der Waals surface area (Å²) in [6.07, 6.45) is -0.926. The summed E-state index contributed by atoms with van der Waals surface area (Å²) in [7, 11) is 0. The zero-order chi connectivity index (χ0) is 15.2. The number of nitrogens with one attached hydrogen (secondary N) is 1. The highest BCUT2D eigenvalue weighted by molar-refractivity contribution is 7.11. The summed E-state index contributed by atoms with van der Waals surface area (Å²) >= 11 is 1.25. The molecule has 0 fully saturated rings. The van der Waals surface area contributed by atoms with Crippen molar-refractivity contribution >= 4 is 28.9 Å². The van der Waals surface area contributed by atoms with Crippen molar-refractivity contribution in [3.63, 3.8) is 0 Å². The van der Waals surface area contributed by atoms with Gasteiger partial charge in [-0.1, -0.05) is 12.1 Å². The third-order valence-corrected chi connectivity index (χ3v) is 3.48. The number of esters is 1. The lowest BCUT2D eigenvalue weighted by atomic mass is 10.2. The molecule has 106 valence electrons. The van der Waals surface area contributed by atoms with Crippen LogP contribution in [0.5, 0.6) is 0 Å². The molecule has 21 heavy (non-hydrogen) atoms. The Labute approximate surface area is 125 Å². The number of nitrogens with zero attached hydrogens (tertiary/aromatic N) is 1. The fourth-order valence-electron chi connectivity index (χ4n) is 1.58. The van der Waals surface area contributed by atoms with Gasteiger partial charge in [0.2, 0.25) is 0 Å². The fourth-order valence-corrected chi connectivity index (χ4v) is 2.18. The molecular formula is C15H12N2O3S. The second kappa shape index (κ2) is 6.68. The number of thiophene rings is 1. The molecule has 0 aliphatic heterocycles. The maximum absolute atomic E-state index is 11.9. The van der Waals surface area contributed by atoms with Crippen molar-refractivity contribution in [2.75, 3.05) is 5.32 Å². The second-order valence-electron chi connectivity index (χ2n) is 4.21. The normalized spacial score (nSPS) is 11.2. The smallest absolute Gasteiger partial charge is 0.349 e. The maximum atomic E-state index is 11.9. The molecule has 0 saturated heterocycles. The van der Waals surface area contributed by atoms with Crippen molar-refractivity contribution in [3.05, 3.63) is 52.2 Å². The lowest BCUT2D eigenvalue weighted by Crippen LogP contribution is -2.29. The Kier molecular flexibility index (Phi) is 4.69. The minimum atomic E-state index is -0.926. The van der Waals surface area contributed by atoms with Crippen LogP contribution in [0.15, 0.2) is 41.8 Å². The molecule has 0 radical (unpaired) electrons. The first kappa shape index (κ1) is 14.8. The summed E-state index contributed by atoms with van der Waals surface area (Å²) in [6, 6.07) is 11.9. The first-order chi connectivity index (χ1) is 10.1. The monoisotopic (exact) mass is 300 g/mol. The van der Waals surface area contributed by atoms with Gasteiger partial charge < -0.3 is 10.1 Å². The summed E-state index contributed by atoms with van der Waals surface area (Å²) < 4.78 is 5.08. The van der Waals surface area contributed by atoms with E-state index in [1.807, 2.05) is 6.07 Å². The minimum absolute atomic E-state index is 0.441. The third kappa shape index (κ3) is 3.91. The average Bonchev–Trinajstić information content (AvgIpc) is 3.01. The standard InChI is InChI=1S/C15H12N2O3S/c1-10(20-15(19)13-6-3-7-21-13)14(18)17-12-5-2-4-11(8-12)9-16/h2-8,10H,1H3,(H,17,18)/t10-/m1/s1. The van der Waals surface area contributed by atoms with Crippen molar-refractivity contribution in [2.45, 2.75) is 13.0 Å². The van der Waals surface area contributed by atoms with Gasteiger partial charge in [0, 0.05) is 5.69 Å². The van der Waals surface area contributed by atoms with Crippen molar-refractivity contribution in [3.8, 4) is 6.07 Å². The van der Waals surface area contributed by atoms with E-state index < -0.39 is 18.0 Å². The van der Waals surface area contributed by atoms with Crippen LogP contribution in [0, 0.1) is 11.3 Å². The molecule has 0 bridgehead atoms. The van der Waals surface area contributed by atoms with E-state index in [1.165, 1.54) is 18.3 Å². The Balaban J connectivity index is 1.96. The van der Waals surface area contributed by atoms with Gasteiger partial charge >= 0.3 is 5.97 Å². The van der Waals surface area contributed by atoms with Gasteiger partial charge in [-0.05, 0) is 36.6 Å². The van der Waals surface area contributed by atoms with Crippen molar-refractivity contribution in [1.29, 1.82) is 5.26 Å². The zero-order valence-electron chi connectivity index (χ0n) is 11.2. The lowest BCUT2D eigenvalue weighted by Gasteiger charge is -2.13. The number of amides is 1. The van der Waals surface area contributed by atoms with Crippen molar-refractivity contribution < 1.29 is 14.3 Å². The number of rotatable bonds is 4. The Morgan fingerprint density at radius 3 is 2.81 bits per heavy atom. The molecule has 6 heteroatoms. The van der Waals surface area contributed by atoms with Crippen LogP contribution in [0.4, 0.5) is 5.69 Å². The van der Waals surface area contributed by atoms with E-state index in [2.05, 4.69) is 5.32 Å². The summed E-state index contributed by atoms with van der Waals surface area (Å²) in [6.45, 7) is 1.50. The van der Waals surface area contributed by atoms with Gasteiger partial charge in [-0.2, -0.15) is 5.26 Å². The Morgan fingerprint density at radius 2 is 2.14 bits per heavy atom. The highest BCUT2D eigenvalue weighted by Crippen LogP contribution is 2.13. The van der Waals surface area contributed by atoms with Gasteiger partial charge in [-0.25, -0.2) is 4.79 Å². The molecule has 0 aliphatic carbocycles. The SMILES string of the molecule is C[C@@H](OC(=O)c1cccs1)C(=O)Nc1cccc(C#N)c1. The van der Waals surface area contributed by atoms with Gasteiger partial charge in [0.1, 0.15) is 4.88 Å². The molecule has 2 rings (SSSR count). The van der Waals surface area contributed by atoms with Crippen LogP contribution in [-0.4, -0.2) is 18.0 Å². The van der Waals surface area contributed by atoms with Crippen LogP contribution < -0.4 is 5.32 Å². The third-order valence-electron chi connectivity index (χ3n) is 2.63. The quantitative estimate of drug-likeness (QED) is 0.881. The van der Waals surface area contributed by atoms with Gasteiger partial charge in [0.05, 0.1) is 11.6 Å². The first-order valence-electron chi connectivity index (χ1n) is 6.15. The van der Waals surface area contributed by atoms with E-state index in [0.29, 0.717) is 16.1 Å². The summed E-state index contributed by atoms with van der Waals surface area (Å²) in [5, 5.41) is 13.2. The van der Waals surface area contributed by atoms with Crippen molar-refractivity contribution in [1.82, 2.24) is 0 Å². The Bertz CT molecular complexity index is 689. The second-order valence-corrected chi connectivity index (χ2v) is 5.15. The number of benzene rings is 1. The van der Waals surface area contributed by atoms with Gasteiger partial charge in [0.15, 0.2) is 6.10 Å². The molecule has 1 heterocycles. The summed E-state index contributed by atoms with van der Waals surface area (Å²) in [5.74, 6) is -0.978. The predicted octanol–water partition coefficient (Wildman–Crippen LogP) is 2.80. The van der Waals surface area contributed by atoms with Crippen LogP contribution in [0.25, 0.3) is 0 Å². The minimum Gasteiger partial charge on any atom is -0.448 e. The van der Waals surface area contributed by atoms with Crippen LogP contribution >= 0.6 is 11.3 Å². The Hall–Kier alpha value is -2.65. The number of hydrogen-bond acceptors (Lipinski definition) is 5. The first-order valence-corrected chi connectivity index (χ1v) is 7.03. The van der Waals surface area contributed by atoms with E-state index in [1.54, 1.807) is 41.8 Å². The maximum Gasteiger partial charge on any atom is 0.349 e. The largest absolute Gasteiger partial charge is 0.448 e. The molecule has 1 aromatic carbocycles. The average molecular weight is 300 g/mol. The van der Waals surface area contributed by atoms with E-state index in [-0.39, 0.29) is 0 Å². The van der Waals surface area contributed by atoms with Crippen LogP contribution in [-0.2, 0) is 9.53 Å². The summed E-state index contributed by atoms with van der Waals surface area (Å²) in [5.41, 5.74) is 0.925. The summed E-state index contributed by atoms with van der Waals surface area (Å²) in [4.78, 5) is 24.1. The van der Waals surface area contributed by atoms with E-state index in [0.717, 1.165) is 0 Å². The number of carbonyl (C=O) groups excluding carboxylic acids is 2. The molecule has 2 aromatic rings. The Morgan fingerprint density at radius 1 is 1.33 bits per heavy atom.